The first-order valence-corrected chi connectivity index (χ1v) is 11.5. The summed E-state index contributed by atoms with van der Waals surface area (Å²) in [6.07, 6.45) is 7.35. The molecule has 2 fully saturated rings. The second-order valence-electron chi connectivity index (χ2n) is 7.73. The number of thioether (sulfide) groups is 1. The minimum Gasteiger partial charge on any atom is -0.378 e. The van der Waals surface area contributed by atoms with Crippen LogP contribution in [0, 0.1) is 5.92 Å². The number of carbonyl (C=O) groups is 3. The topological polar surface area (TPSA) is 79.0 Å². The van der Waals surface area contributed by atoms with E-state index in [9.17, 15) is 14.4 Å². The minimum atomic E-state index is -0.566. The Labute approximate surface area is 172 Å². The fraction of sp³-hybridized carbons (Fsp3) is 0.850. The van der Waals surface area contributed by atoms with E-state index in [1.54, 1.807) is 23.6 Å². The summed E-state index contributed by atoms with van der Waals surface area (Å²) in [7, 11) is 0. The number of ether oxygens (including phenoxy) is 1. The van der Waals surface area contributed by atoms with Crippen molar-refractivity contribution in [2.24, 2.45) is 5.92 Å². The average Bonchev–Trinajstić information content (AvgIpc) is 2.71. The number of nitrogens with one attached hydrogen (secondary N) is 1. The maximum atomic E-state index is 12.8. The molecule has 0 aromatic carbocycles. The Balaban J connectivity index is 1.86. The Morgan fingerprint density at radius 1 is 1.14 bits per heavy atom. The molecule has 0 bridgehead atoms. The molecule has 0 spiro atoms. The molecule has 1 aliphatic carbocycles. The summed E-state index contributed by atoms with van der Waals surface area (Å²) in [5.74, 6) is 1.19. The normalized spacial score (nSPS) is 19.1. The van der Waals surface area contributed by atoms with Gasteiger partial charge in [-0.15, -0.1) is 0 Å². The molecule has 0 aromatic heterocycles. The van der Waals surface area contributed by atoms with Gasteiger partial charge in [-0.3, -0.25) is 9.59 Å². The summed E-state index contributed by atoms with van der Waals surface area (Å²) in [6, 6.07) is -0.780. The van der Waals surface area contributed by atoms with Crippen LogP contribution in [0.15, 0.2) is 0 Å². The SMILES string of the molecule is CC(=O)SCCN(CCC1CCCCC1)C(=O)N[C@@H](C)C(=O)N1CCOCC1. The van der Waals surface area contributed by atoms with Crippen LogP contribution in [0.4, 0.5) is 4.79 Å². The van der Waals surface area contributed by atoms with Gasteiger partial charge >= 0.3 is 6.03 Å². The van der Waals surface area contributed by atoms with Gasteiger partial charge in [-0.25, -0.2) is 4.79 Å². The number of urea groups is 1. The van der Waals surface area contributed by atoms with E-state index in [-0.39, 0.29) is 17.1 Å². The lowest BCUT2D eigenvalue weighted by Crippen LogP contribution is -2.53. The molecule has 2 aliphatic rings. The van der Waals surface area contributed by atoms with Crippen LogP contribution in [-0.4, -0.2) is 78.0 Å². The Kier molecular flexibility index (Phi) is 10.1. The highest BCUT2D eigenvalue weighted by Crippen LogP contribution is 2.26. The van der Waals surface area contributed by atoms with Crippen LogP contribution in [0.1, 0.15) is 52.4 Å². The van der Waals surface area contributed by atoms with Gasteiger partial charge in [-0.1, -0.05) is 43.9 Å². The fourth-order valence-corrected chi connectivity index (χ4v) is 4.42. The first-order chi connectivity index (χ1) is 13.5. The van der Waals surface area contributed by atoms with Gasteiger partial charge in [0.2, 0.25) is 5.91 Å². The van der Waals surface area contributed by atoms with Gasteiger partial charge in [0, 0.05) is 38.9 Å². The number of nitrogens with zero attached hydrogens (tertiary/aromatic N) is 2. The van der Waals surface area contributed by atoms with Crippen LogP contribution in [0.2, 0.25) is 0 Å². The molecule has 1 saturated heterocycles. The summed E-state index contributed by atoms with van der Waals surface area (Å²) in [5, 5.41) is 2.92. The molecule has 0 unspecified atom stereocenters. The second kappa shape index (κ2) is 12.3. The molecule has 0 radical (unpaired) electrons. The summed E-state index contributed by atoms with van der Waals surface area (Å²) in [6.45, 7) is 6.69. The third-order valence-electron chi connectivity index (χ3n) is 5.52. The highest BCUT2D eigenvalue weighted by molar-refractivity contribution is 8.13. The molecule has 1 heterocycles. The lowest BCUT2D eigenvalue weighted by atomic mass is 9.87. The first-order valence-electron chi connectivity index (χ1n) is 10.5. The number of rotatable bonds is 8. The highest BCUT2D eigenvalue weighted by Gasteiger charge is 2.26. The molecule has 8 heteroatoms. The third-order valence-corrected chi connectivity index (χ3v) is 6.31. The zero-order valence-electron chi connectivity index (χ0n) is 17.3. The van der Waals surface area contributed by atoms with E-state index in [0.717, 1.165) is 6.42 Å². The molecule has 1 N–H and O–H groups in total. The van der Waals surface area contributed by atoms with Gasteiger partial charge in [0.05, 0.1) is 13.2 Å². The third kappa shape index (κ3) is 7.99. The van der Waals surface area contributed by atoms with E-state index in [0.29, 0.717) is 51.1 Å². The smallest absolute Gasteiger partial charge is 0.318 e. The Bertz CT molecular complexity index is 520. The van der Waals surface area contributed by atoms with Gasteiger partial charge in [-0.05, 0) is 19.3 Å². The largest absolute Gasteiger partial charge is 0.378 e. The molecule has 0 aromatic rings. The summed E-state index contributed by atoms with van der Waals surface area (Å²) >= 11 is 1.24. The van der Waals surface area contributed by atoms with E-state index in [4.69, 9.17) is 4.74 Å². The minimum absolute atomic E-state index is 0.0588. The van der Waals surface area contributed by atoms with Crippen molar-refractivity contribution >= 4 is 28.8 Å². The van der Waals surface area contributed by atoms with Gasteiger partial charge in [0.1, 0.15) is 6.04 Å². The lowest BCUT2D eigenvalue weighted by molar-refractivity contribution is -0.136. The average molecular weight is 414 g/mol. The fourth-order valence-electron chi connectivity index (χ4n) is 3.82. The lowest BCUT2D eigenvalue weighted by Gasteiger charge is -2.31. The predicted octanol–water partition coefficient (Wildman–Crippen LogP) is 2.50. The van der Waals surface area contributed by atoms with Crippen molar-refractivity contribution < 1.29 is 19.1 Å². The van der Waals surface area contributed by atoms with Crippen molar-refractivity contribution in [2.45, 2.75) is 58.4 Å². The maximum Gasteiger partial charge on any atom is 0.318 e. The zero-order chi connectivity index (χ0) is 20.4. The number of carbonyl (C=O) groups excluding carboxylic acids is 3. The second-order valence-corrected chi connectivity index (χ2v) is 9.00. The molecule has 3 amide bonds. The van der Waals surface area contributed by atoms with E-state index in [2.05, 4.69) is 5.32 Å². The molecular formula is C20H35N3O4S. The van der Waals surface area contributed by atoms with Gasteiger partial charge in [-0.2, -0.15) is 0 Å². The number of morpholine rings is 1. The zero-order valence-corrected chi connectivity index (χ0v) is 18.1. The van der Waals surface area contributed by atoms with Crippen LogP contribution in [-0.2, 0) is 14.3 Å². The standard InChI is InChI=1S/C20H35N3O4S/c1-16(19(25)22-10-13-27-14-11-22)21-20(26)23(12-15-28-17(2)24)9-8-18-6-4-3-5-7-18/h16,18H,3-15H2,1-2H3,(H,21,26)/t16-/m0/s1. The van der Waals surface area contributed by atoms with Crippen molar-refractivity contribution in [1.29, 1.82) is 0 Å². The molecule has 1 aliphatic heterocycles. The van der Waals surface area contributed by atoms with E-state index >= 15 is 0 Å². The molecule has 1 atom stereocenters. The molecule has 2 rings (SSSR count). The predicted molar refractivity (Wildman–Crippen MR) is 111 cm³/mol. The molecule has 7 nitrogen and oxygen atoms in total. The van der Waals surface area contributed by atoms with Gasteiger partial charge < -0.3 is 19.9 Å². The molecule has 28 heavy (non-hydrogen) atoms. The summed E-state index contributed by atoms with van der Waals surface area (Å²) < 4.78 is 5.28. The summed E-state index contributed by atoms with van der Waals surface area (Å²) in [5.41, 5.74) is 0. The summed E-state index contributed by atoms with van der Waals surface area (Å²) in [4.78, 5) is 40.1. The van der Waals surface area contributed by atoms with E-state index in [1.807, 2.05) is 0 Å². The van der Waals surface area contributed by atoms with Gasteiger partial charge in [0.25, 0.3) is 0 Å². The van der Waals surface area contributed by atoms with E-state index in [1.165, 1.54) is 43.9 Å². The molecule has 1 saturated carbocycles. The number of amides is 3. The first kappa shape index (κ1) is 23.0. The van der Waals surface area contributed by atoms with Crippen molar-refractivity contribution in [3.05, 3.63) is 0 Å². The highest BCUT2D eigenvalue weighted by atomic mass is 32.2. The van der Waals surface area contributed by atoms with Crippen molar-refractivity contribution in [3.8, 4) is 0 Å². The van der Waals surface area contributed by atoms with Crippen LogP contribution >= 0.6 is 11.8 Å². The Morgan fingerprint density at radius 3 is 2.46 bits per heavy atom. The quantitative estimate of drug-likeness (QED) is 0.661. The van der Waals surface area contributed by atoms with Crippen molar-refractivity contribution in [2.75, 3.05) is 45.1 Å². The van der Waals surface area contributed by atoms with Crippen LogP contribution in [0.5, 0.6) is 0 Å². The molecule has 160 valence electrons. The van der Waals surface area contributed by atoms with E-state index < -0.39 is 6.04 Å². The number of hydrogen-bond acceptors (Lipinski definition) is 5. The Morgan fingerprint density at radius 2 is 1.82 bits per heavy atom. The van der Waals surface area contributed by atoms with Crippen LogP contribution < -0.4 is 5.32 Å². The van der Waals surface area contributed by atoms with Gasteiger partial charge in [0.15, 0.2) is 5.12 Å². The van der Waals surface area contributed by atoms with Crippen LogP contribution in [0.3, 0.4) is 0 Å². The maximum absolute atomic E-state index is 12.8. The van der Waals surface area contributed by atoms with Crippen molar-refractivity contribution in [1.82, 2.24) is 15.1 Å². The Hall–Kier alpha value is -1.28. The monoisotopic (exact) mass is 413 g/mol. The van der Waals surface area contributed by atoms with Crippen LogP contribution in [0.25, 0.3) is 0 Å². The number of hydrogen-bond donors (Lipinski definition) is 1. The molecular weight excluding hydrogens is 378 g/mol. The van der Waals surface area contributed by atoms with Crippen molar-refractivity contribution in [3.63, 3.8) is 0 Å².